The van der Waals surface area contributed by atoms with Gasteiger partial charge in [-0.25, -0.2) is 4.79 Å². The maximum atomic E-state index is 12.9. The normalized spacial score (nSPS) is 16.8. The van der Waals surface area contributed by atoms with Crippen LogP contribution in [0.4, 0.5) is 4.79 Å². The van der Waals surface area contributed by atoms with Crippen molar-refractivity contribution in [2.75, 3.05) is 0 Å². The highest BCUT2D eigenvalue weighted by Gasteiger charge is 2.44. The lowest BCUT2D eigenvalue weighted by Crippen LogP contribution is -2.54. The summed E-state index contributed by atoms with van der Waals surface area (Å²) in [6.45, 7) is 4.34. The fourth-order valence-electron chi connectivity index (χ4n) is 3.39. The molecule has 1 aliphatic rings. The molecule has 2 amide bonds. The summed E-state index contributed by atoms with van der Waals surface area (Å²) in [5, 5.41) is 14.8. The molecule has 0 aromatic heterocycles. The van der Waals surface area contributed by atoms with Crippen molar-refractivity contribution in [2.45, 2.75) is 70.6 Å². The third kappa shape index (κ3) is 6.28. The van der Waals surface area contributed by atoms with Gasteiger partial charge in [0.25, 0.3) is 5.91 Å². The molecule has 0 aliphatic heterocycles. The number of ether oxygens (including phenoxy) is 1. The summed E-state index contributed by atoms with van der Waals surface area (Å²) in [5.74, 6) is -0.0726. The molecule has 6 heteroatoms. The van der Waals surface area contributed by atoms with E-state index in [2.05, 4.69) is 16.7 Å². The molecular formula is C21H29N3O3. The van der Waals surface area contributed by atoms with Crippen LogP contribution in [-0.2, 0) is 16.1 Å². The van der Waals surface area contributed by atoms with Gasteiger partial charge in [0.1, 0.15) is 6.04 Å². The van der Waals surface area contributed by atoms with Gasteiger partial charge in [0.15, 0.2) is 5.60 Å². The van der Waals surface area contributed by atoms with Crippen LogP contribution in [0.3, 0.4) is 0 Å². The lowest BCUT2D eigenvalue weighted by atomic mass is 9.83. The maximum Gasteiger partial charge on any atom is 0.408 e. The van der Waals surface area contributed by atoms with Crippen LogP contribution in [0.1, 0.15) is 57.9 Å². The van der Waals surface area contributed by atoms with Gasteiger partial charge in [0.2, 0.25) is 0 Å². The van der Waals surface area contributed by atoms with Gasteiger partial charge < -0.3 is 15.4 Å². The van der Waals surface area contributed by atoms with Gasteiger partial charge >= 0.3 is 6.09 Å². The molecule has 2 rings (SSSR count). The van der Waals surface area contributed by atoms with Crippen LogP contribution in [0.5, 0.6) is 0 Å². The first-order valence-electron chi connectivity index (χ1n) is 9.66. The molecule has 0 heterocycles. The second-order valence-corrected chi connectivity index (χ2v) is 7.57. The fraction of sp³-hybridized carbons (Fsp3) is 0.571. The molecule has 1 aromatic rings. The molecule has 2 N–H and O–H groups in total. The minimum atomic E-state index is -1.19. The molecule has 146 valence electrons. The monoisotopic (exact) mass is 371 g/mol. The van der Waals surface area contributed by atoms with Gasteiger partial charge in [0.05, 0.1) is 6.07 Å². The topological polar surface area (TPSA) is 91.2 Å². The Morgan fingerprint density at radius 2 is 1.85 bits per heavy atom. The summed E-state index contributed by atoms with van der Waals surface area (Å²) in [7, 11) is 0. The molecule has 0 spiro atoms. The highest BCUT2D eigenvalue weighted by molar-refractivity contribution is 5.88. The zero-order valence-electron chi connectivity index (χ0n) is 16.2. The molecule has 1 atom stereocenters. The summed E-state index contributed by atoms with van der Waals surface area (Å²) >= 11 is 0. The molecule has 0 radical (unpaired) electrons. The van der Waals surface area contributed by atoms with E-state index in [1.165, 1.54) is 0 Å². The van der Waals surface area contributed by atoms with E-state index >= 15 is 0 Å². The average Bonchev–Trinajstić information content (AvgIpc) is 2.67. The SMILES string of the molecule is CC(C)CC(C#N)NC(=O)C1(OC(=O)NCc2ccccc2)CCCCC1. The van der Waals surface area contributed by atoms with Crippen molar-refractivity contribution in [3.8, 4) is 6.07 Å². The van der Waals surface area contributed by atoms with E-state index in [0.717, 1.165) is 24.8 Å². The van der Waals surface area contributed by atoms with Crippen LogP contribution in [0.2, 0.25) is 0 Å². The molecule has 1 fully saturated rings. The van der Waals surface area contributed by atoms with Crippen molar-refractivity contribution >= 4 is 12.0 Å². The number of nitrogens with zero attached hydrogens (tertiary/aromatic N) is 1. The van der Waals surface area contributed by atoms with Crippen LogP contribution in [-0.4, -0.2) is 23.6 Å². The first-order chi connectivity index (χ1) is 12.9. The van der Waals surface area contributed by atoms with Crippen LogP contribution in [0.15, 0.2) is 30.3 Å². The Labute approximate surface area is 161 Å². The standard InChI is InChI=1S/C21H29N3O3/c1-16(2)13-18(14-22)24-19(25)21(11-7-4-8-12-21)27-20(26)23-15-17-9-5-3-6-10-17/h3,5-6,9-10,16,18H,4,7-8,11-13,15H2,1-2H3,(H,23,26)(H,24,25). The molecule has 27 heavy (non-hydrogen) atoms. The number of alkyl carbamates (subject to hydrolysis) is 1. The number of hydrogen-bond acceptors (Lipinski definition) is 4. The number of amides is 2. The number of hydrogen-bond donors (Lipinski definition) is 2. The van der Waals surface area contributed by atoms with Gasteiger partial charge in [-0.15, -0.1) is 0 Å². The first kappa shape index (κ1) is 20.8. The van der Waals surface area contributed by atoms with Crippen molar-refractivity contribution in [2.24, 2.45) is 5.92 Å². The Kier molecular flexibility index (Phi) is 7.66. The van der Waals surface area contributed by atoms with Gasteiger partial charge in [-0.05, 0) is 43.6 Å². The lowest BCUT2D eigenvalue weighted by Gasteiger charge is -2.35. The summed E-state index contributed by atoms with van der Waals surface area (Å²) in [6.07, 6.45) is 3.58. The molecule has 1 aromatic carbocycles. The van der Waals surface area contributed by atoms with Gasteiger partial charge in [0, 0.05) is 6.54 Å². The smallest absolute Gasteiger partial charge is 0.408 e. The summed E-state index contributed by atoms with van der Waals surface area (Å²) < 4.78 is 5.64. The van der Waals surface area contributed by atoms with Crippen molar-refractivity contribution in [3.63, 3.8) is 0 Å². The first-order valence-corrected chi connectivity index (χ1v) is 9.66. The fourth-order valence-corrected chi connectivity index (χ4v) is 3.39. The number of carbonyl (C=O) groups excluding carboxylic acids is 2. The highest BCUT2D eigenvalue weighted by Crippen LogP contribution is 2.32. The predicted octanol–water partition coefficient (Wildman–Crippen LogP) is 3.67. The summed E-state index contributed by atoms with van der Waals surface area (Å²) in [5.41, 5.74) is -0.233. The third-order valence-electron chi connectivity index (χ3n) is 4.81. The molecule has 0 bridgehead atoms. The van der Waals surface area contributed by atoms with E-state index in [0.29, 0.717) is 25.8 Å². The molecule has 1 unspecified atom stereocenters. The molecule has 6 nitrogen and oxygen atoms in total. The summed E-state index contributed by atoms with van der Waals surface area (Å²) in [4.78, 5) is 25.3. The Morgan fingerprint density at radius 3 is 2.44 bits per heavy atom. The number of rotatable bonds is 7. The van der Waals surface area contributed by atoms with Crippen LogP contribution >= 0.6 is 0 Å². The number of nitrogens with one attached hydrogen (secondary N) is 2. The van der Waals surface area contributed by atoms with Crippen LogP contribution in [0, 0.1) is 17.2 Å². The van der Waals surface area contributed by atoms with E-state index in [-0.39, 0.29) is 11.8 Å². The number of benzene rings is 1. The van der Waals surface area contributed by atoms with Crippen molar-refractivity contribution in [1.29, 1.82) is 5.26 Å². The van der Waals surface area contributed by atoms with E-state index in [1.807, 2.05) is 44.2 Å². The number of nitriles is 1. The van der Waals surface area contributed by atoms with Gasteiger partial charge in [-0.2, -0.15) is 5.26 Å². The average molecular weight is 371 g/mol. The lowest BCUT2D eigenvalue weighted by molar-refractivity contribution is -0.144. The van der Waals surface area contributed by atoms with Crippen molar-refractivity contribution in [3.05, 3.63) is 35.9 Å². The van der Waals surface area contributed by atoms with Crippen molar-refractivity contribution in [1.82, 2.24) is 10.6 Å². The van der Waals surface area contributed by atoms with Crippen molar-refractivity contribution < 1.29 is 14.3 Å². The Morgan fingerprint density at radius 1 is 1.19 bits per heavy atom. The third-order valence-corrected chi connectivity index (χ3v) is 4.81. The quantitative estimate of drug-likeness (QED) is 0.765. The minimum absolute atomic E-state index is 0.285. The zero-order valence-corrected chi connectivity index (χ0v) is 16.2. The Balaban J connectivity index is 2.00. The molecule has 1 aliphatic carbocycles. The zero-order chi connectivity index (χ0) is 19.7. The number of carbonyl (C=O) groups is 2. The molecule has 1 saturated carbocycles. The van der Waals surface area contributed by atoms with E-state index < -0.39 is 17.7 Å². The predicted molar refractivity (Wildman–Crippen MR) is 103 cm³/mol. The summed E-state index contributed by atoms with van der Waals surface area (Å²) in [6, 6.07) is 11.1. The van der Waals surface area contributed by atoms with Gasteiger partial charge in [-0.1, -0.05) is 50.6 Å². The van der Waals surface area contributed by atoms with E-state index in [1.54, 1.807) is 0 Å². The highest BCUT2D eigenvalue weighted by atomic mass is 16.6. The second-order valence-electron chi connectivity index (χ2n) is 7.57. The minimum Gasteiger partial charge on any atom is -0.433 e. The van der Waals surface area contributed by atoms with Crippen LogP contribution in [0.25, 0.3) is 0 Å². The van der Waals surface area contributed by atoms with E-state index in [4.69, 9.17) is 4.74 Å². The maximum absolute atomic E-state index is 12.9. The molecular weight excluding hydrogens is 342 g/mol. The Bertz CT molecular complexity index is 661. The Hall–Kier alpha value is -2.55. The van der Waals surface area contributed by atoms with Crippen LogP contribution < -0.4 is 10.6 Å². The second kappa shape index (κ2) is 9.96. The van der Waals surface area contributed by atoms with E-state index in [9.17, 15) is 14.9 Å². The van der Waals surface area contributed by atoms with Gasteiger partial charge in [-0.3, -0.25) is 4.79 Å². The molecule has 0 saturated heterocycles. The largest absolute Gasteiger partial charge is 0.433 e.